The van der Waals surface area contributed by atoms with Crippen molar-refractivity contribution in [3.63, 3.8) is 0 Å². The number of rotatable bonds is 3. The zero-order valence-electron chi connectivity index (χ0n) is 10.9. The van der Waals surface area contributed by atoms with Gasteiger partial charge in [0.1, 0.15) is 16.5 Å². The van der Waals surface area contributed by atoms with Crippen LogP contribution in [0.3, 0.4) is 0 Å². The van der Waals surface area contributed by atoms with Gasteiger partial charge in [-0.15, -0.1) is 0 Å². The first-order valence-electron chi connectivity index (χ1n) is 6.26. The topological polar surface area (TPSA) is 48.1 Å². The first kappa shape index (κ1) is 14.0. The van der Waals surface area contributed by atoms with E-state index in [1.54, 1.807) is 18.3 Å². The zero-order valence-corrected chi connectivity index (χ0v) is 13.3. The van der Waals surface area contributed by atoms with E-state index in [-0.39, 0.29) is 4.99 Å². The number of halogens is 1. The van der Waals surface area contributed by atoms with Gasteiger partial charge in [0.05, 0.1) is 16.4 Å². The average molecular weight is 359 g/mol. The van der Waals surface area contributed by atoms with E-state index in [4.69, 9.17) is 22.7 Å². The van der Waals surface area contributed by atoms with Crippen molar-refractivity contribution in [1.29, 1.82) is 0 Å². The van der Waals surface area contributed by atoms with Crippen molar-refractivity contribution in [3.05, 3.63) is 64.9 Å². The molecule has 0 spiro atoms. The van der Waals surface area contributed by atoms with Gasteiger partial charge in [0.2, 0.25) is 0 Å². The van der Waals surface area contributed by atoms with E-state index in [0.717, 1.165) is 21.0 Å². The number of hydrogen-bond acceptors (Lipinski definition) is 3. The largest absolute Gasteiger partial charge is 0.455 e. The molecule has 0 radical (unpaired) electrons. The summed E-state index contributed by atoms with van der Waals surface area (Å²) in [6, 6.07) is 15.6. The van der Waals surface area contributed by atoms with Crippen molar-refractivity contribution in [2.24, 2.45) is 5.73 Å². The lowest BCUT2D eigenvalue weighted by molar-refractivity contribution is 0.478. The van der Waals surface area contributed by atoms with Gasteiger partial charge in [-0.1, -0.05) is 42.5 Å². The van der Waals surface area contributed by atoms with E-state index < -0.39 is 0 Å². The van der Waals surface area contributed by atoms with Gasteiger partial charge in [-0.05, 0) is 44.9 Å². The summed E-state index contributed by atoms with van der Waals surface area (Å²) in [6.07, 6.45) is 1.61. The van der Waals surface area contributed by atoms with E-state index in [2.05, 4.69) is 27.0 Å². The highest BCUT2D eigenvalue weighted by Gasteiger charge is 2.07. The molecule has 0 saturated heterocycles. The maximum atomic E-state index is 5.86. The molecule has 104 valence electrons. The first-order chi connectivity index (χ1) is 10.1. The summed E-state index contributed by atoms with van der Waals surface area (Å²) in [5, 5.41) is 2.25. The predicted molar refractivity (Wildman–Crippen MR) is 91.8 cm³/mol. The zero-order chi connectivity index (χ0) is 14.8. The van der Waals surface area contributed by atoms with Crippen LogP contribution < -0.4 is 10.5 Å². The van der Waals surface area contributed by atoms with Crippen LogP contribution in [0.5, 0.6) is 11.5 Å². The summed E-state index contributed by atoms with van der Waals surface area (Å²) in [5.41, 5.74) is 6.10. The number of pyridine rings is 1. The monoisotopic (exact) mass is 358 g/mol. The Morgan fingerprint density at radius 1 is 1.10 bits per heavy atom. The maximum absolute atomic E-state index is 5.86. The molecule has 5 heteroatoms. The molecule has 1 aromatic heterocycles. The third kappa shape index (κ3) is 2.89. The molecule has 3 rings (SSSR count). The normalized spacial score (nSPS) is 10.5. The number of ether oxygens (including phenoxy) is 1. The second-order valence-electron chi connectivity index (χ2n) is 4.44. The molecular weight excluding hydrogens is 348 g/mol. The molecule has 1 heterocycles. The van der Waals surface area contributed by atoms with Crippen LogP contribution in [-0.2, 0) is 0 Å². The summed E-state index contributed by atoms with van der Waals surface area (Å²) in [5.74, 6) is 1.37. The van der Waals surface area contributed by atoms with Crippen molar-refractivity contribution >= 4 is 43.9 Å². The smallest absolute Gasteiger partial charge is 0.145 e. The summed E-state index contributed by atoms with van der Waals surface area (Å²) in [4.78, 5) is 4.43. The number of thiocarbonyl (C=S) groups is 1. The molecule has 0 bridgehead atoms. The third-order valence-electron chi connectivity index (χ3n) is 3.04. The number of nitrogens with two attached hydrogens (primary N) is 1. The van der Waals surface area contributed by atoms with E-state index in [0.29, 0.717) is 11.4 Å². The van der Waals surface area contributed by atoms with Crippen molar-refractivity contribution in [3.8, 4) is 11.5 Å². The van der Waals surface area contributed by atoms with E-state index in [1.165, 1.54) is 0 Å². The molecule has 3 aromatic rings. The highest BCUT2D eigenvalue weighted by molar-refractivity contribution is 9.10. The van der Waals surface area contributed by atoms with Crippen molar-refractivity contribution in [1.82, 2.24) is 4.98 Å². The molecule has 0 saturated carbocycles. The highest BCUT2D eigenvalue weighted by atomic mass is 79.9. The predicted octanol–water partition coefficient (Wildman–Crippen LogP) is 4.42. The van der Waals surface area contributed by atoms with Crippen LogP contribution in [0, 0.1) is 0 Å². The lowest BCUT2D eigenvalue weighted by atomic mass is 10.1. The third-order valence-corrected chi connectivity index (χ3v) is 4.07. The summed E-state index contributed by atoms with van der Waals surface area (Å²) < 4.78 is 6.77. The minimum Gasteiger partial charge on any atom is -0.455 e. The molecule has 0 unspecified atom stereocenters. The van der Waals surface area contributed by atoms with E-state index in [9.17, 15) is 0 Å². The average Bonchev–Trinajstić information content (AvgIpc) is 2.51. The Morgan fingerprint density at radius 3 is 2.62 bits per heavy atom. The Bertz CT molecular complexity index is 818. The Kier molecular flexibility index (Phi) is 3.86. The number of hydrogen-bond donors (Lipinski definition) is 1. The van der Waals surface area contributed by atoms with Gasteiger partial charge in [0.25, 0.3) is 0 Å². The number of aromatic nitrogens is 1. The molecule has 0 aliphatic carbocycles. The van der Waals surface area contributed by atoms with E-state index >= 15 is 0 Å². The van der Waals surface area contributed by atoms with Gasteiger partial charge in [0, 0.05) is 0 Å². The van der Waals surface area contributed by atoms with Crippen LogP contribution in [0.15, 0.2) is 59.2 Å². The number of nitrogens with zero attached hydrogens (tertiary/aromatic N) is 1. The van der Waals surface area contributed by atoms with Gasteiger partial charge in [0.15, 0.2) is 0 Å². The van der Waals surface area contributed by atoms with Gasteiger partial charge in [-0.3, -0.25) is 0 Å². The minimum atomic E-state index is 0.272. The van der Waals surface area contributed by atoms with Crippen LogP contribution in [0.25, 0.3) is 10.8 Å². The van der Waals surface area contributed by atoms with Crippen LogP contribution >= 0.6 is 28.1 Å². The second kappa shape index (κ2) is 5.79. The molecule has 0 aliphatic heterocycles. The molecule has 0 fully saturated rings. The van der Waals surface area contributed by atoms with Crippen molar-refractivity contribution in [2.75, 3.05) is 0 Å². The quantitative estimate of drug-likeness (QED) is 0.703. The Labute approximate surface area is 135 Å². The van der Waals surface area contributed by atoms with Crippen LogP contribution in [0.2, 0.25) is 0 Å². The van der Waals surface area contributed by atoms with Crippen molar-refractivity contribution in [2.45, 2.75) is 0 Å². The fraction of sp³-hybridized carbons (Fsp3) is 0. The SMILES string of the molecule is NC(=S)c1ccc(Oc2ccc3ccccc3c2Br)cn1. The van der Waals surface area contributed by atoms with E-state index in [1.807, 2.05) is 30.3 Å². The fourth-order valence-electron chi connectivity index (χ4n) is 2.01. The number of benzene rings is 2. The highest BCUT2D eigenvalue weighted by Crippen LogP contribution is 2.35. The summed E-state index contributed by atoms with van der Waals surface area (Å²) >= 11 is 8.47. The van der Waals surface area contributed by atoms with Crippen LogP contribution in [-0.4, -0.2) is 9.97 Å². The Balaban J connectivity index is 1.94. The molecular formula is C16H11BrN2OS. The van der Waals surface area contributed by atoms with Gasteiger partial charge in [-0.25, -0.2) is 4.98 Å². The fourth-order valence-corrected chi connectivity index (χ4v) is 2.70. The number of fused-ring (bicyclic) bond motifs is 1. The van der Waals surface area contributed by atoms with Gasteiger partial charge < -0.3 is 10.5 Å². The molecule has 3 nitrogen and oxygen atoms in total. The second-order valence-corrected chi connectivity index (χ2v) is 5.68. The molecule has 2 N–H and O–H groups in total. The standard InChI is InChI=1S/C16H11BrN2OS/c17-15-12-4-2-1-3-10(12)5-8-14(15)20-11-6-7-13(16(18)21)19-9-11/h1-9H,(H2,18,21). The summed E-state index contributed by atoms with van der Waals surface area (Å²) in [7, 11) is 0. The Morgan fingerprint density at radius 2 is 1.90 bits per heavy atom. The lowest BCUT2D eigenvalue weighted by Crippen LogP contribution is -2.10. The van der Waals surface area contributed by atoms with Gasteiger partial charge in [-0.2, -0.15) is 0 Å². The maximum Gasteiger partial charge on any atom is 0.145 e. The molecule has 21 heavy (non-hydrogen) atoms. The molecule has 0 aliphatic rings. The Hall–Kier alpha value is -1.98. The lowest BCUT2D eigenvalue weighted by Gasteiger charge is -2.10. The summed E-state index contributed by atoms with van der Waals surface area (Å²) in [6.45, 7) is 0. The molecule has 0 atom stereocenters. The molecule has 0 amide bonds. The van der Waals surface area contributed by atoms with Crippen LogP contribution in [0.4, 0.5) is 0 Å². The molecule has 2 aromatic carbocycles. The first-order valence-corrected chi connectivity index (χ1v) is 7.46. The van der Waals surface area contributed by atoms with Crippen molar-refractivity contribution < 1.29 is 4.74 Å². The minimum absolute atomic E-state index is 0.272. The van der Waals surface area contributed by atoms with Crippen LogP contribution in [0.1, 0.15) is 5.69 Å². The van der Waals surface area contributed by atoms with Gasteiger partial charge >= 0.3 is 0 Å².